The number of para-hydroxylation sites is 1. The molecule has 104 valence electrons. The molecular weight excluding hydrogens is 244 g/mol. The van der Waals surface area contributed by atoms with E-state index >= 15 is 0 Å². The minimum absolute atomic E-state index is 0.148. The first-order chi connectivity index (χ1) is 9.00. The summed E-state index contributed by atoms with van der Waals surface area (Å²) < 4.78 is 0. The second-order valence-corrected chi connectivity index (χ2v) is 5.11. The van der Waals surface area contributed by atoms with Gasteiger partial charge in [0.1, 0.15) is 0 Å². The highest BCUT2D eigenvalue weighted by molar-refractivity contribution is 5.97. The Morgan fingerprint density at radius 3 is 2.58 bits per heavy atom. The largest absolute Gasteiger partial charge is 0.478 e. The average molecular weight is 264 g/mol. The van der Waals surface area contributed by atoms with Crippen molar-refractivity contribution in [2.75, 3.05) is 23.7 Å². The minimum atomic E-state index is -1.00. The normalized spacial score (nSPS) is 18.3. The number of hydrogen-bond acceptors (Lipinski definition) is 4. The molecule has 1 saturated heterocycles. The van der Waals surface area contributed by atoms with Crippen LogP contribution in [0.5, 0.6) is 0 Å². The number of carboxylic acids is 1. The molecule has 0 aromatic heterocycles. The van der Waals surface area contributed by atoms with Crippen LogP contribution >= 0.6 is 0 Å². The van der Waals surface area contributed by atoms with Gasteiger partial charge in [0.25, 0.3) is 0 Å². The number of rotatable bonds is 3. The molecular formula is C14H20N2O3. The van der Waals surface area contributed by atoms with Crippen LogP contribution < -0.4 is 10.6 Å². The molecule has 19 heavy (non-hydrogen) atoms. The van der Waals surface area contributed by atoms with Crippen molar-refractivity contribution < 1.29 is 15.0 Å². The highest BCUT2D eigenvalue weighted by Crippen LogP contribution is 2.31. The van der Waals surface area contributed by atoms with Gasteiger partial charge in [-0.2, -0.15) is 0 Å². The lowest BCUT2D eigenvalue weighted by Crippen LogP contribution is -2.37. The quantitative estimate of drug-likeness (QED) is 0.721. The molecule has 1 unspecified atom stereocenters. The van der Waals surface area contributed by atoms with Crippen LogP contribution in [0.1, 0.15) is 30.1 Å². The topological polar surface area (TPSA) is 86.8 Å². The number of carbonyl (C=O) groups is 1. The number of benzene rings is 1. The van der Waals surface area contributed by atoms with E-state index < -0.39 is 5.97 Å². The number of anilines is 2. The number of aromatic carboxylic acids is 1. The molecule has 0 spiro atoms. The Labute approximate surface area is 112 Å². The first kappa shape index (κ1) is 13.7. The third kappa shape index (κ3) is 2.81. The predicted molar refractivity (Wildman–Crippen MR) is 74.4 cm³/mol. The summed E-state index contributed by atoms with van der Waals surface area (Å²) in [4.78, 5) is 13.2. The van der Waals surface area contributed by atoms with Crippen LogP contribution in [0.15, 0.2) is 18.2 Å². The Bertz CT molecular complexity index is 466. The van der Waals surface area contributed by atoms with E-state index in [2.05, 4.69) is 4.90 Å². The number of nitrogen functional groups attached to an aromatic ring is 1. The van der Waals surface area contributed by atoms with Gasteiger partial charge in [-0.3, -0.25) is 0 Å². The Morgan fingerprint density at radius 2 is 2.05 bits per heavy atom. The zero-order chi connectivity index (χ0) is 14.0. The fourth-order valence-corrected chi connectivity index (χ4v) is 2.64. The molecule has 0 amide bonds. The van der Waals surface area contributed by atoms with E-state index in [4.69, 9.17) is 10.8 Å². The van der Waals surface area contributed by atoms with Crippen molar-refractivity contribution in [3.63, 3.8) is 0 Å². The Morgan fingerprint density at radius 1 is 1.42 bits per heavy atom. The molecule has 1 aromatic rings. The van der Waals surface area contributed by atoms with Gasteiger partial charge in [-0.1, -0.05) is 6.07 Å². The van der Waals surface area contributed by atoms with Gasteiger partial charge in [0.15, 0.2) is 0 Å². The van der Waals surface area contributed by atoms with Crippen LogP contribution in [0, 0.1) is 5.92 Å². The molecule has 5 nitrogen and oxygen atoms in total. The number of nitrogens with zero attached hydrogens (tertiary/aromatic N) is 1. The number of piperidine rings is 1. The van der Waals surface area contributed by atoms with Crippen molar-refractivity contribution >= 4 is 17.3 Å². The summed E-state index contributed by atoms with van der Waals surface area (Å²) >= 11 is 0. The van der Waals surface area contributed by atoms with Crippen LogP contribution in [0.25, 0.3) is 0 Å². The Kier molecular flexibility index (Phi) is 3.95. The molecule has 1 aliphatic heterocycles. The number of carboxylic acid groups (broad SMARTS) is 1. The molecule has 1 aromatic carbocycles. The lowest BCUT2D eigenvalue weighted by atomic mass is 9.92. The van der Waals surface area contributed by atoms with E-state index in [0.29, 0.717) is 11.6 Å². The SMILES string of the molecule is CC(O)C1CCN(c2cccc(C(=O)O)c2N)CC1. The lowest BCUT2D eigenvalue weighted by molar-refractivity contribution is 0.0698. The average Bonchev–Trinajstić information content (AvgIpc) is 2.38. The summed E-state index contributed by atoms with van der Waals surface area (Å²) in [5, 5.41) is 18.7. The molecule has 1 atom stereocenters. The van der Waals surface area contributed by atoms with Gasteiger partial charge in [0.05, 0.1) is 23.0 Å². The molecule has 0 bridgehead atoms. The summed E-state index contributed by atoms with van der Waals surface area (Å²) in [7, 11) is 0. The van der Waals surface area contributed by atoms with Crippen molar-refractivity contribution in [3.8, 4) is 0 Å². The Balaban J connectivity index is 2.16. The van der Waals surface area contributed by atoms with Crippen molar-refractivity contribution in [2.24, 2.45) is 5.92 Å². The monoisotopic (exact) mass is 264 g/mol. The lowest BCUT2D eigenvalue weighted by Gasteiger charge is -2.35. The van der Waals surface area contributed by atoms with Gasteiger partial charge < -0.3 is 20.8 Å². The molecule has 1 fully saturated rings. The van der Waals surface area contributed by atoms with Crippen LogP contribution in [0.3, 0.4) is 0 Å². The van der Waals surface area contributed by atoms with E-state index in [0.717, 1.165) is 31.6 Å². The molecule has 0 radical (unpaired) electrons. The highest BCUT2D eigenvalue weighted by Gasteiger charge is 2.24. The molecule has 2 rings (SSSR count). The van der Waals surface area contributed by atoms with E-state index in [1.165, 1.54) is 6.07 Å². The molecule has 1 aliphatic rings. The summed E-state index contributed by atoms with van der Waals surface area (Å²) in [6, 6.07) is 5.09. The number of aliphatic hydroxyl groups excluding tert-OH is 1. The zero-order valence-corrected chi connectivity index (χ0v) is 11.0. The smallest absolute Gasteiger partial charge is 0.337 e. The van der Waals surface area contributed by atoms with Crippen molar-refractivity contribution in [1.29, 1.82) is 0 Å². The third-order valence-corrected chi connectivity index (χ3v) is 3.88. The van der Waals surface area contributed by atoms with Gasteiger partial charge >= 0.3 is 5.97 Å². The number of aliphatic hydroxyl groups is 1. The maximum atomic E-state index is 11.1. The van der Waals surface area contributed by atoms with Crippen LogP contribution in [-0.2, 0) is 0 Å². The minimum Gasteiger partial charge on any atom is -0.478 e. The van der Waals surface area contributed by atoms with E-state index in [-0.39, 0.29) is 11.7 Å². The summed E-state index contributed by atoms with van der Waals surface area (Å²) in [5.74, 6) is -0.682. The molecule has 0 aliphatic carbocycles. The van der Waals surface area contributed by atoms with E-state index in [1.54, 1.807) is 6.07 Å². The van der Waals surface area contributed by atoms with Crippen LogP contribution in [0.4, 0.5) is 11.4 Å². The van der Waals surface area contributed by atoms with Gasteiger partial charge in [0.2, 0.25) is 0 Å². The summed E-state index contributed by atoms with van der Waals surface area (Å²) in [6.07, 6.45) is 1.51. The standard InChI is InChI=1S/C14H20N2O3/c1-9(17)10-5-7-16(8-6-10)12-4-2-3-11(13(12)15)14(18)19/h2-4,9-10,17H,5-8,15H2,1H3,(H,18,19). The maximum Gasteiger partial charge on any atom is 0.337 e. The second kappa shape index (κ2) is 5.48. The van der Waals surface area contributed by atoms with Crippen LogP contribution in [-0.4, -0.2) is 35.4 Å². The van der Waals surface area contributed by atoms with Crippen molar-refractivity contribution in [1.82, 2.24) is 0 Å². The fraction of sp³-hybridized carbons (Fsp3) is 0.500. The molecule has 4 N–H and O–H groups in total. The summed E-state index contributed by atoms with van der Waals surface area (Å²) in [6.45, 7) is 3.41. The fourth-order valence-electron chi connectivity index (χ4n) is 2.64. The van der Waals surface area contributed by atoms with E-state index in [1.807, 2.05) is 13.0 Å². The van der Waals surface area contributed by atoms with Crippen molar-refractivity contribution in [2.45, 2.75) is 25.9 Å². The predicted octanol–water partition coefficient (Wildman–Crippen LogP) is 1.56. The van der Waals surface area contributed by atoms with Crippen molar-refractivity contribution in [3.05, 3.63) is 23.8 Å². The molecule has 5 heteroatoms. The third-order valence-electron chi connectivity index (χ3n) is 3.88. The number of hydrogen-bond donors (Lipinski definition) is 3. The van der Waals surface area contributed by atoms with E-state index in [9.17, 15) is 9.90 Å². The first-order valence-corrected chi connectivity index (χ1v) is 6.55. The maximum absolute atomic E-state index is 11.1. The van der Waals surface area contributed by atoms with Gasteiger partial charge in [-0.15, -0.1) is 0 Å². The van der Waals surface area contributed by atoms with Crippen LogP contribution in [0.2, 0.25) is 0 Å². The first-order valence-electron chi connectivity index (χ1n) is 6.55. The van der Waals surface area contributed by atoms with Gasteiger partial charge in [-0.05, 0) is 37.8 Å². The number of nitrogens with two attached hydrogens (primary N) is 1. The summed E-state index contributed by atoms with van der Waals surface area (Å²) in [5.41, 5.74) is 7.19. The molecule has 0 saturated carbocycles. The van der Waals surface area contributed by atoms with Gasteiger partial charge in [-0.25, -0.2) is 4.79 Å². The highest BCUT2D eigenvalue weighted by atomic mass is 16.4. The second-order valence-electron chi connectivity index (χ2n) is 5.11. The zero-order valence-electron chi connectivity index (χ0n) is 11.0. The van der Waals surface area contributed by atoms with Gasteiger partial charge in [0, 0.05) is 13.1 Å². The molecule has 1 heterocycles. The Hall–Kier alpha value is -1.75.